The maximum atomic E-state index is 6.23. The molecule has 9 nitrogen and oxygen atoms in total. The Morgan fingerprint density at radius 2 is 2.27 bits per heavy atom. The summed E-state index contributed by atoms with van der Waals surface area (Å²) in [5.41, 5.74) is 6.49. The molecule has 1 unspecified atom stereocenters. The lowest BCUT2D eigenvalue weighted by atomic mass is 9.91. The summed E-state index contributed by atoms with van der Waals surface area (Å²) in [7, 11) is 3.28. The van der Waals surface area contributed by atoms with Crippen LogP contribution < -0.4 is 5.73 Å². The number of methoxy groups -OCH3 is 2. The van der Waals surface area contributed by atoms with Crippen LogP contribution in [0.5, 0.6) is 0 Å². The molecule has 2 aromatic heterocycles. The van der Waals surface area contributed by atoms with Crippen LogP contribution in [0.4, 0.5) is 5.82 Å². The highest BCUT2D eigenvalue weighted by atomic mass is 16.7. The molecule has 4 heterocycles. The third-order valence-electron chi connectivity index (χ3n) is 4.28. The van der Waals surface area contributed by atoms with E-state index in [1.165, 1.54) is 6.33 Å². The van der Waals surface area contributed by atoms with Crippen molar-refractivity contribution in [3.63, 3.8) is 0 Å². The molecule has 2 saturated heterocycles. The molecule has 0 radical (unpaired) electrons. The van der Waals surface area contributed by atoms with E-state index in [1.54, 1.807) is 25.1 Å². The highest BCUT2D eigenvalue weighted by molar-refractivity contribution is 5.81. The number of imidazole rings is 1. The first kappa shape index (κ1) is 13.8. The van der Waals surface area contributed by atoms with Gasteiger partial charge in [0.05, 0.1) is 19.5 Å². The molecule has 2 aromatic rings. The van der Waals surface area contributed by atoms with Gasteiger partial charge in [-0.1, -0.05) is 0 Å². The second-order valence-corrected chi connectivity index (χ2v) is 5.52. The van der Waals surface area contributed by atoms with Crippen molar-refractivity contribution in [2.24, 2.45) is 0 Å². The van der Waals surface area contributed by atoms with Crippen LogP contribution in [0.25, 0.3) is 11.2 Å². The van der Waals surface area contributed by atoms with Crippen molar-refractivity contribution >= 4 is 17.0 Å². The van der Waals surface area contributed by atoms with Gasteiger partial charge < -0.3 is 24.7 Å². The fourth-order valence-electron chi connectivity index (χ4n) is 3.23. The van der Waals surface area contributed by atoms with Crippen LogP contribution in [-0.4, -0.2) is 64.8 Å². The number of anilines is 1. The van der Waals surface area contributed by atoms with Gasteiger partial charge in [0.1, 0.15) is 29.7 Å². The lowest BCUT2D eigenvalue weighted by molar-refractivity contribution is -0.250. The SMILES string of the molecule is COC[C@]12COC1[C@H](OC)[C@H](n1cnc3c(N)ncnc31)O2. The number of fused-ring (bicyclic) bond motifs is 2. The Bertz CT molecular complexity index is 707. The zero-order valence-corrected chi connectivity index (χ0v) is 12.3. The lowest BCUT2D eigenvalue weighted by Crippen LogP contribution is -2.61. The molecule has 0 bridgehead atoms. The normalized spacial score (nSPS) is 33.8. The smallest absolute Gasteiger partial charge is 0.167 e. The van der Waals surface area contributed by atoms with Crippen LogP contribution in [-0.2, 0) is 18.9 Å². The van der Waals surface area contributed by atoms with Crippen molar-refractivity contribution in [3.05, 3.63) is 12.7 Å². The van der Waals surface area contributed by atoms with E-state index in [-0.39, 0.29) is 12.2 Å². The van der Waals surface area contributed by atoms with Crippen LogP contribution >= 0.6 is 0 Å². The number of aromatic nitrogens is 4. The number of ether oxygens (including phenoxy) is 4. The van der Waals surface area contributed by atoms with Gasteiger partial charge in [0.2, 0.25) is 0 Å². The van der Waals surface area contributed by atoms with Crippen LogP contribution in [0, 0.1) is 0 Å². The standard InChI is InChI=1S/C13H17N5O4/c1-19-3-13-4-21-9(13)8(20-2)12(22-13)18-6-17-7-10(14)15-5-16-11(7)18/h5-6,8-9,12H,3-4H2,1-2H3,(H2,14,15,16)/t8-,9?,12+,13-/m0/s1. The summed E-state index contributed by atoms with van der Waals surface area (Å²) in [4.78, 5) is 12.5. The molecule has 4 rings (SSSR count). The van der Waals surface area contributed by atoms with Gasteiger partial charge in [0.25, 0.3) is 0 Å². The summed E-state index contributed by atoms with van der Waals surface area (Å²) in [6, 6.07) is 0. The van der Waals surface area contributed by atoms with E-state index in [4.69, 9.17) is 24.7 Å². The Hall–Kier alpha value is -1.81. The summed E-state index contributed by atoms with van der Waals surface area (Å²) in [6.07, 6.45) is 2.17. The third-order valence-corrected chi connectivity index (χ3v) is 4.28. The van der Waals surface area contributed by atoms with Gasteiger partial charge in [-0.05, 0) is 0 Å². The zero-order chi connectivity index (χ0) is 15.3. The van der Waals surface area contributed by atoms with E-state index in [0.717, 1.165) is 0 Å². The van der Waals surface area contributed by atoms with Gasteiger partial charge in [0, 0.05) is 14.2 Å². The van der Waals surface area contributed by atoms with Crippen LogP contribution in [0.2, 0.25) is 0 Å². The average Bonchev–Trinajstić information content (AvgIpc) is 3.01. The Kier molecular flexibility index (Phi) is 3.05. The van der Waals surface area contributed by atoms with Crippen molar-refractivity contribution in [2.45, 2.75) is 24.0 Å². The Balaban J connectivity index is 1.76. The van der Waals surface area contributed by atoms with Crippen molar-refractivity contribution in [2.75, 3.05) is 33.2 Å². The Morgan fingerprint density at radius 1 is 1.41 bits per heavy atom. The first-order valence-electron chi connectivity index (χ1n) is 6.94. The van der Waals surface area contributed by atoms with Crippen molar-refractivity contribution in [1.82, 2.24) is 19.5 Å². The second-order valence-electron chi connectivity index (χ2n) is 5.52. The fraction of sp³-hybridized carbons (Fsp3) is 0.615. The molecule has 4 atom stereocenters. The predicted octanol–water partition coefficient (Wildman–Crippen LogP) is -0.264. The van der Waals surface area contributed by atoms with E-state index in [1.807, 2.05) is 0 Å². The number of hydrogen-bond donors (Lipinski definition) is 1. The topological polar surface area (TPSA) is 107 Å². The number of nitrogen functional groups attached to an aromatic ring is 1. The molecular formula is C13H17N5O4. The molecule has 2 aliphatic heterocycles. The van der Waals surface area contributed by atoms with Crippen LogP contribution in [0.3, 0.4) is 0 Å². The van der Waals surface area contributed by atoms with E-state index >= 15 is 0 Å². The van der Waals surface area contributed by atoms with Crippen LogP contribution in [0.15, 0.2) is 12.7 Å². The minimum absolute atomic E-state index is 0.181. The molecular weight excluding hydrogens is 290 g/mol. The largest absolute Gasteiger partial charge is 0.382 e. The van der Waals surface area contributed by atoms with Gasteiger partial charge in [-0.2, -0.15) is 0 Å². The predicted molar refractivity (Wildman–Crippen MR) is 75.0 cm³/mol. The summed E-state index contributed by atoms with van der Waals surface area (Å²) in [5.74, 6) is 0.335. The third kappa shape index (κ3) is 1.70. The fourth-order valence-corrected chi connectivity index (χ4v) is 3.23. The number of hydrogen-bond acceptors (Lipinski definition) is 8. The van der Waals surface area contributed by atoms with E-state index in [2.05, 4.69) is 15.0 Å². The number of nitrogens with zero attached hydrogens (tertiary/aromatic N) is 4. The summed E-state index contributed by atoms with van der Waals surface area (Å²) < 4.78 is 24.6. The molecule has 0 spiro atoms. The maximum Gasteiger partial charge on any atom is 0.167 e. The Labute approximate surface area is 126 Å². The van der Waals surface area contributed by atoms with Crippen molar-refractivity contribution in [1.29, 1.82) is 0 Å². The Morgan fingerprint density at radius 3 is 2.95 bits per heavy atom. The highest BCUT2D eigenvalue weighted by Gasteiger charge is 2.63. The van der Waals surface area contributed by atoms with E-state index in [9.17, 15) is 0 Å². The molecule has 2 N–H and O–H groups in total. The molecule has 2 aliphatic rings. The number of nitrogens with two attached hydrogens (primary N) is 1. The maximum absolute atomic E-state index is 6.23. The van der Waals surface area contributed by atoms with Crippen LogP contribution in [0.1, 0.15) is 6.23 Å². The summed E-state index contributed by atoms with van der Waals surface area (Å²) in [5, 5.41) is 0. The minimum atomic E-state index is -0.491. The van der Waals surface area contributed by atoms with Crippen molar-refractivity contribution < 1.29 is 18.9 Å². The number of rotatable bonds is 4. The van der Waals surface area contributed by atoms with Gasteiger partial charge in [-0.3, -0.25) is 4.57 Å². The quantitative estimate of drug-likeness (QED) is 0.823. The van der Waals surface area contributed by atoms with Gasteiger partial charge in [-0.15, -0.1) is 0 Å². The van der Waals surface area contributed by atoms with Gasteiger partial charge in [-0.25, -0.2) is 15.0 Å². The zero-order valence-electron chi connectivity index (χ0n) is 12.3. The second kappa shape index (κ2) is 4.85. The molecule has 9 heteroatoms. The lowest BCUT2D eigenvalue weighted by Gasteiger charge is -2.43. The van der Waals surface area contributed by atoms with Gasteiger partial charge >= 0.3 is 0 Å². The van der Waals surface area contributed by atoms with Gasteiger partial charge in [0.15, 0.2) is 17.7 Å². The first-order valence-corrected chi connectivity index (χ1v) is 6.94. The van der Waals surface area contributed by atoms with Crippen molar-refractivity contribution in [3.8, 4) is 0 Å². The summed E-state index contributed by atoms with van der Waals surface area (Å²) >= 11 is 0. The monoisotopic (exact) mass is 307 g/mol. The molecule has 0 amide bonds. The van der Waals surface area contributed by atoms with E-state index < -0.39 is 11.8 Å². The average molecular weight is 307 g/mol. The summed E-state index contributed by atoms with van der Waals surface area (Å²) in [6.45, 7) is 0.920. The minimum Gasteiger partial charge on any atom is -0.382 e. The molecule has 0 aliphatic carbocycles. The highest BCUT2D eigenvalue weighted by Crippen LogP contribution is 2.47. The first-order chi connectivity index (χ1) is 10.7. The van der Waals surface area contributed by atoms with E-state index in [0.29, 0.717) is 30.2 Å². The molecule has 118 valence electrons. The molecule has 0 aromatic carbocycles. The molecule has 2 fully saturated rings. The molecule has 0 saturated carbocycles. The molecule has 22 heavy (non-hydrogen) atoms.